The number of hydrogen-bond donors (Lipinski definition) is 2. The Bertz CT molecular complexity index is 678. The van der Waals surface area contributed by atoms with Gasteiger partial charge in [-0.15, -0.1) is 24.0 Å². The average Bonchev–Trinajstić information content (AvgIpc) is 3.13. The molecular formula is C17H29IN6O. The first-order valence-electron chi connectivity index (χ1n) is 8.07. The van der Waals surface area contributed by atoms with Gasteiger partial charge in [-0.1, -0.05) is 0 Å². The first-order valence-corrected chi connectivity index (χ1v) is 8.07. The van der Waals surface area contributed by atoms with Crippen molar-refractivity contribution in [3.05, 3.63) is 41.1 Å². The largest absolute Gasteiger partial charge is 0.468 e. The number of halogens is 1. The second kappa shape index (κ2) is 9.81. The van der Waals surface area contributed by atoms with Crippen molar-refractivity contribution in [2.24, 2.45) is 12.0 Å². The number of nitrogens with zero attached hydrogens (tertiary/aromatic N) is 4. The molecule has 0 aliphatic carbocycles. The van der Waals surface area contributed by atoms with Crippen LogP contribution in [0.1, 0.15) is 28.8 Å². The van der Waals surface area contributed by atoms with Crippen LogP contribution in [0, 0.1) is 13.8 Å². The molecule has 7 nitrogen and oxygen atoms in total. The highest BCUT2D eigenvalue weighted by molar-refractivity contribution is 14.0. The fraction of sp³-hybridized carbons (Fsp3) is 0.529. The van der Waals surface area contributed by atoms with Crippen LogP contribution >= 0.6 is 24.0 Å². The van der Waals surface area contributed by atoms with Gasteiger partial charge in [-0.2, -0.15) is 5.10 Å². The molecule has 2 heterocycles. The molecule has 8 heteroatoms. The molecule has 2 N–H and O–H groups in total. The zero-order valence-electron chi connectivity index (χ0n) is 15.8. The van der Waals surface area contributed by atoms with Crippen LogP contribution in [-0.4, -0.2) is 48.3 Å². The van der Waals surface area contributed by atoms with E-state index >= 15 is 0 Å². The SMILES string of the molecule is CN=C(NCc1c(C)nn(C)c1C)NCC(c1ccco1)N(C)C.I. The van der Waals surface area contributed by atoms with E-state index in [0.717, 1.165) is 23.1 Å². The van der Waals surface area contributed by atoms with Crippen LogP contribution in [-0.2, 0) is 13.6 Å². The van der Waals surface area contributed by atoms with E-state index in [1.165, 1.54) is 5.56 Å². The molecule has 1 unspecified atom stereocenters. The van der Waals surface area contributed by atoms with Gasteiger partial charge in [0.15, 0.2) is 5.96 Å². The molecule has 0 fully saturated rings. The highest BCUT2D eigenvalue weighted by Crippen LogP contribution is 2.17. The summed E-state index contributed by atoms with van der Waals surface area (Å²) in [5.41, 5.74) is 3.41. The monoisotopic (exact) mass is 460 g/mol. The van der Waals surface area contributed by atoms with Crippen LogP contribution in [0.5, 0.6) is 0 Å². The average molecular weight is 460 g/mol. The van der Waals surface area contributed by atoms with Crippen LogP contribution in [0.25, 0.3) is 0 Å². The van der Waals surface area contributed by atoms with Crippen molar-refractivity contribution in [2.45, 2.75) is 26.4 Å². The van der Waals surface area contributed by atoms with E-state index in [2.05, 4.69) is 32.5 Å². The molecule has 2 aromatic rings. The number of rotatable bonds is 6. The van der Waals surface area contributed by atoms with Crippen molar-refractivity contribution in [3.8, 4) is 0 Å². The Morgan fingerprint density at radius 1 is 1.36 bits per heavy atom. The topological polar surface area (TPSA) is 70.6 Å². The van der Waals surface area contributed by atoms with Crippen molar-refractivity contribution >= 4 is 29.9 Å². The lowest BCUT2D eigenvalue weighted by atomic mass is 10.2. The summed E-state index contributed by atoms with van der Waals surface area (Å²) in [6.45, 7) is 5.50. The Labute approximate surface area is 166 Å². The minimum Gasteiger partial charge on any atom is -0.468 e. The van der Waals surface area contributed by atoms with Gasteiger partial charge >= 0.3 is 0 Å². The molecule has 0 radical (unpaired) electrons. The third-order valence-corrected chi connectivity index (χ3v) is 4.27. The standard InChI is InChI=1S/C17H28N6O.HI/c1-12-14(13(2)23(6)21-12)10-19-17(18-3)20-11-15(22(4)5)16-8-7-9-24-16;/h7-9,15H,10-11H2,1-6H3,(H2,18,19,20);1H. The number of hydrogen-bond acceptors (Lipinski definition) is 4. The molecule has 0 bridgehead atoms. The lowest BCUT2D eigenvalue weighted by molar-refractivity contribution is 0.258. The van der Waals surface area contributed by atoms with Crippen molar-refractivity contribution in [1.29, 1.82) is 0 Å². The highest BCUT2D eigenvalue weighted by Gasteiger charge is 2.17. The second-order valence-electron chi connectivity index (χ2n) is 6.07. The van der Waals surface area contributed by atoms with Crippen LogP contribution in [0.3, 0.4) is 0 Å². The fourth-order valence-electron chi connectivity index (χ4n) is 2.68. The summed E-state index contributed by atoms with van der Waals surface area (Å²) >= 11 is 0. The first kappa shape index (κ1) is 21.5. The van der Waals surface area contributed by atoms with Gasteiger partial charge in [-0.05, 0) is 40.1 Å². The van der Waals surface area contributed by atoms with Crippen molar-refractivity contribution in [3.63, 3.8) is 0 Å². The minimum atomic E-state index is 0. The maximum absolute atomic E-state index is 5.53. The number of aromatic nitrogens is 2. The summed E-state index contributed by atoms with van der Waals surface area (Å²) < 4.78 is 7.44. The predicted octanol–water partition coefficient (Wildman–Crippen LogP) is 2.22. The van der Waals surface area contributed by atoms with E-state index in [9.17, 15) is 0 Å². The molecule has 0 saturated heterocycles. The molecule has 0 saturated carbocycles. The highest BCUT2D eigenvalue weighted by atomic mass is 127. The fourth-order valence-corrected chi connectivity index (χ4v) is 2.68. The van der Waals surface area contributed by atoms with Crippen molar-refractivity contribution in [2.75, 3.05) is 27.7 Å². The van der Waals surface area contributed by atoms with Crippen LogP contribution in [0.4, 0.5) is 0 Å². The molecule has 1 atom stereocenters. The Hall–Kier alpha value is -1.55. The van der Waals surface area contributed by atoms with Gasteiger partial charge < -0.3 is 15.1 Å². The van der Waals surface area contributed by atoms with E-state index in [-0.39, 0.29) is 30.0 Å². The number of nitrogens with one attached hydrogen (secondary N) is 2. The Balaban J connectivity index is 0.00000312. The molecule has 0 amide bonds. The minimum absolute atomic E-state index is 0. The Morgan fingerprint density at radius 2 is 2.08 bits per heavy atom. The smallest absolute Gasteiger partial charge is 0.191 e. The number of aliphatic imine (C=N–C) groups is 1. The second-order valence-corrected chi connectivity index (χ2v) is 6.07. The van der Waals surface area contributed by atoms with Gasteiger partial charge in [-0.3, -0.25) is 14.6 Å². The van der Waals surface area contributed by atoms with Crippen LogP contribution < -0.4 is 10.6 Å². The maximum atomic E-state index is 5.53. The molecule has 0 aromatic carbocycles. The third-order valence-electron chi connectivity index (χ3n) is 4.27. The number of likely N-dealkylation sites (N-methyl/N-ethyl adjacent to an activating group) is 1. The molecule has 0 aliphatic heterocycles. The van der Waals surface area contributed by atoms with E-state index in [1.54, 1.807) is 13.3 Å². The molecular weight excluding hydrogens is 431 g/mol. The molecule has 2 aromatic heterocycles. The van der Waals surface area contributed by atoms with E-state index in [0.29, 0.717) is 13.1 Å². The maximum Gasteiger partial charge on any atom is 0.191 e. The molecule has 2 rings (SSSR count). The quantitative estimate of drug-likeness (QED) is 0.393. The van der Waals surface area contributed by atoms with Gasteiger partial charge in [0.05, 0.1) is 18.0 Å². The molecule has 25 heavy (non-hydrogen) atoms. The number of furan rings is 1. The third kappa shape index (κ3) is 5.46. The van der Waals surface area contributed by atoms with Gasteiger partial charge in [-0.25, -0.2) is 0 Å². The lowest BCUT2D eigenvalue weighted by Gasteiger charge is -2.23. The summed E-state index contributed by atoms with van der Waals surface area (Å²) in [7, 11) is 7.81. The number of aryl methyl sites for hydroxylation is 2. The first-order chi connectivity index (χ1) is 11.4. The van der Waals surface area contributed by atoms with E-state index < -0.39 is 0 Å². The van der Waals surface area contributed by atoms with Crippen molar-refractivity contribution in [1.82, 2.24) is 25.3 Å². The van der Waals surface area contributed by atoms with Crippen LogP contribution in [0.2, 0.25) is 0 Å². The Morgan fingerprint density at radius 3 is 2.56 bits per heavy atom. The molecule has 140 valence electrons. The molecule has 0 aliphatic rings. The van der Waals surface area contributed by atoms with Gasteiger partial charge in [0, 0.05) is 38.4 Å². The zero-order chi connectivity index (χ0) is 17.7. The zero-order valence-corrected chi connectivity index (χ0v) is 18.2. The van der Waals surface area contributed by atoms with Gasteiger partial charge in [0.1, 0.15) is 5.76 Å². The summed E-state index contributed by atoms with van der Waals surface area (Å²) in [5, 5.41) is 11.2. The van der Waals surface area contributed by atoms with Gasteiger partial charge in [0.25, 0.3) is 0 Å². The molecule has 0 spiro atoms. The summed E-state index contributed by atoms with van der Waals surface area (Å²) in [5.74, 6) is 1.69. The summed E-state index contributed by atoms with van der Waals surface area (Å²) in [4.78, 5) is 6.42. The van der Waals surface area contributed by atoms with E-state index in [1.807, 2.05) is 44.9 Å². The lowest BCUT2D eigenvalue weighted by Crippen LogP contribution is -2.41. The van der Waals surface area contributed by atoms with Crippen molar-refractivity contribution < 1.29 is 4.42 Å². The van der Waals surface area contributed by atoms with E-state index in [4.69, 9.17) is 4.42 Å². The van der Waals surface area contributed by atoms with Crippen LogP contribution in [0.15, 0.2) is 27.8 Å². The summed E-state index contributed by atoms with van der Waals surface area (Å²) in [6.07, 6.45) is 1.70. The predicted molar refractivity (Wildman–Crippen MR) is 111 cm³/mol. The number of guanidine groups is 1. The Kier molecular flexibility index (Phi) is 8.43. The normalized spacial score (nSPS) is 12.8. The summed E-state index contributed by atoms with van der Waals surface area (Å²) in [6, 6.07) is 4.04. The van der Waals surface area contributed by atoms with Gasteiger partial charge in [0.2, 0.25) is 0 Å².